The van der Waals surface area contributed by atoms with Crippen molar-refractivity contribution >= 4 is 5.78 Å². The Hall–Kier alpha value is -0.590. The molecule has 1 aliphatic rings. The van der Waals surface area contributed by atoms with E-state index in [1.165, 1.54) is 0 Å². The van der Waals surface area contributed by atoms with Crippen molar-refractivity contribution < 1.29 is 4.79 Å². The fourth-order valence-corrected chi connectivity index (χ4v) is 0.950. The first-order chi connectivity index (χ1) is 4.20. The molecule has 1 aliphatic carbocycles. The normalized spacial score (nSPS) is 23.0. The Kier molecular flexibility index (Phi) is 1.70. The molecule has 0 bridgehead atoms. The number of hydrogen-bond donors (Lipinski definition) is 0. The van der Waals surface area contributed by atoms with Crippen LogP contribution in [0.2, 0.25) is 0 Å². The Bertz CT molecular complexity index is 154. The zero-order valence-corrected chi connectivity index (χ0v) is 5.98. The smallest absolute Gasteiger partial charge is 0.158 e. The number of hydrogen-bond acceptors (Lipinski definition) is 1. The Morgan fingerprint density at radius 2 is 2.11 bits per heavy atom. The van der Waals surface area contributed by atoms with Crippen molar-refractivity contribution in [2.45, 2.75) is 26.7 Å². The second-order valence-electron chi connectivity index (χ2n) is 2.86. The van der Waals surface area contributed by atoms with Gasteiger partial charge in [0.1, 0.15) is 0 Å². The second kappa shape index (κ2) is 2.34. The van der Waals surface area contributed by atoms with Crippen molar-refractivity contribution in [2.24, 2.45) is 5.92 Å². The van der Waals surface area contributed by atoms with E-state index in [0.29, 0.717) is 11.7 Å². The average Bonchev–Trinajstić information content (AvgIpc) is 1.79. The summed E-state index contributed by atoms with van der Waals surface area (Å²) in [5.41, 5.74) is 1.05. The Morgan fingerprint density at radius 1 is 1.44 bits per heavy atom. The predicted octanol–water partition coefficient (Wildman–Crippen LogP) is 1.93. The van der Waals surface area contributed by atoms with E-state index in [2.05, 4.69) is 19.9 Å². The molecule has 1 heteroatoms. The molecule has 0 aromatic rings. The Morgan fingerprint density at radius 3 is 2.22 bits per heavy atom. The molecule has 0 heterocycles. The van der Waals surface area contributed by atoms with Crippen LogP contribution in [-0.4, -0.2) is 5.78 Å². The Labute approximate surface area is 55.8 Å². The Balaban J connectivity index is 2.51. The topological polar surface area (TPSA) is 17.1 Å². The first-order valence-electron chi connectivity index (χ1n) is 3.44. The molecule has 0 N–H and O–H groups in total. The lowest BCUT2D eigenvalue weighted by molar-refractivity contribution is -0.118. The van der Waals surface area contributed by atoms with Crippen LogP contribution in [0.5, 0.6) is 0 Å². The summed E-state index contributed by atoms with van der Waals surface area (Å²) in [7, 11) is 0. The third kappa shape index (κ3) is 1.41. The van der Waals surface area contributed by atoms with Crippen molar-refractivity contribution in [3.05, 3.63) is 11.6 Å². The molecule has 1 nitrogen and oxygen atoms in total. The number of carbonyl (C=O) groups excluding carboxylic acids is 1. The highest BCUT2D eigenvalue weighted by molar-refractivity contribution is 6.01. The van der Waals surface area contributed by atoms with Gasteiger partial charge in [0.25, 0.3) is 0 Å². The molecule has 0 amide bonds. The fourth-order valence-electron chi connectivity index (χ4n) is 0.950. The van der Waals surface area contributed by atoms with E-state index in [1.807, 2.05) is 0 Å². The van der Waals surface area contributed by atoms with Gasteiger partial charge in [-0.3, -0.25) is 4.79 Å². The molecule has 0 saturated heterocycles. The van der Waals surface area contributed by atoms with E-state index in [0.717, 1.165) is 18.4 Å². The van der Waals surface area contributed by atoms with E-state index in [-0.39, 0.29) is 0 Å². The van der Waals surface area contributed by atoms with Gasteiger partial charge in [0.2, 0.25) is 0 Å². The lowest BCUT2D eigenvalue weighted by atomic mass is 9.88. The minimum atomic E-state index is 0.351. The summed E-state index contributed by atoms with van der Waals surface area (Å²) in [5, 5.41) is 0. The van der Waals surface area contributed by atoms with Crippen LogP contribution in [0.1, 0.15) is 26.7 Å². The van der Waals surface area contributed by atoms with Gasteiger partial charge in [-0.15, -0.1) is 0 Å². The lowest BCUT2D eigenvalue weighted by Crippen LogP contribution is -2.14. The summed E-state index contributed by atoms with van der Waals surface area (Å²) in [6.07, 6.45) is 3.85. The molecule has 0 unspecified atom stereocenters. The summed E-state index contributed by atoms with van der Waals surface area (Å²) in [4.78, 5) is 10.7. The largest absolute Gasteiger partial charge is 0.295 e. The van der Waals surface area contributed by atoms with Gasteiger partial charge in [-0.05, 0) is 17.9 Å². The fraction of sp³-hybridized carbons (Fsp3) is 0.625. The molecule has 0 aliphatic heterocycles. The maximum Gasteiger partial charge on any atom is 0.158 e. The van der Waals surface area contributed by atoms with Crippen LogP contribution >= 0.6 is 0 Å². The first kappa shape index (κ1) is 6.53. The van der Waals surface area contributed by atoms with Gasteiger partial charge in [-0.2, -0.15) is 0 Å². The second-order valence-corrected chi connectivity index (χ2v) is 2.86. The lowest BCUT2D eigenvalue weighted by Gasteiger charge is -2.15. The minimum Gasteiger partial charge on any atom is -0.295 e. The van der Waals surface area contributed by atoms with Gasteiger partial charge in [-0.1, -0.05) is 19.9 Å². The number of ketones is 1. The van der Waals surface area contributed by atoms with Gasteiger partial charge in [0, 0.05) is 6.42 Å². The van der Waals surface area contributed by atoms with Crippen molar-refractivity contribution in [3.8, 4) is 0 Å². The van der Waals surface area contributed by atoms with Crippen LogP contribution in [0.4, 0.5) is 0 Å². The molecule has 0 atom stereocenters. The van der Waals surface area contributed by atoms with E-state index >= 15 is 0 Å². The first-order valence-corrected chi connectivity index (χ1v) is 3.44. The molecule has 1 fully saturated rings. The summed E-state index contributed by atoms with van der Waals surface area (Å²) >= 11 is 0. The maximum atomic E-state index is 10.7. The standard InChI is InChI=1S/C8H12O/c1-6(2)5-7-3-4-8(7)9/h5-6H,3-4H2,1-2H3/b7-5-. The summed E-state index contributed by atoms with van der Waals surface area (Å²) in [5.74, 6) is 0.882. The van der Waals surface area contributed by atoms with Gasteiger partial charge in [0.05, 0.1) is 0 Å². The molecular weight excluding hydrogens is 112 g/mol. The maximum absolute atomic E-state index is 10.7. The highest BCUT2D eigenvalue weighted by Gasteiger charge is 2.19. The molecule has 0 spiro atoms. The molecule has 50 valence electrons. The predicted molar refractivity (Wildman–Crippen MR) is 37.2 cm³/mol. The molecule has 0 aromatic carbocycles. The number of carbonyl (C=O) groups is 1. The van der Waals surface area contributed by atoms with Crippen molar-refractivity contribution in [1.82, 2.24) is 0 Å². The van der Waals surface area contributed by atoms with E-state index < -0.39 is 0 Å². The van der Waals surface area contributed by atoms with Crippen LogP contribution in [0, 0.1) is 5.92 Å². The van der Waals surface area contributed by atoms with Crippen LogP contribution in [0.15, 0.2) is 11.6 Å². The number of allylic oxidation sites excluding steroid dienone is 2. The van der Waals surface area contributed by atoms with Gasteiger partial charge < -0.3 is 0 Å². The molecule has 0 radical (unpaired) electrons. The van der Waals surface area contributed by atoms with Crippen LogP contribution in [0.3, 0.4) is 0 Å². The molecule has 0 aromatic heterocycles. The van der Waals surface area contributed by atoms with E-state index in [4.69, 9.17) is 0 Å². The quantitative estimate of drug-likeness (QED) is 0.488. The summed E-state index contributed by atoms with van der Waals surface area (Å²) < 4.78 is 0. The van der Waals surface area contributed by atoms with Gasteiger partial charge in [0.15, 0.2) is 5.78 Å². The molecule has 9 heavy (non-hydrogen) atoms. The summed E-state index contributed by atoms with van der Waals surface area (Å²) in [6.45, 7) is 4.19. The summed E-state index contributed by atoms with van der Waals surface area (Å²) in [6, 6.07) is 0. The third-order valence-corrected chi connectivity index (χ3v) is 1.51. The van der Waals surface area contributed by atoms with Gasteiger partial charge >= 0.3 is 0 Å². The average molecular weight is 124 g/mol. The van der Waals surface area contributed by atoms with Gasteiger partial charge in [-0.25, -0.2) is 0 Å². The monoisotopic (exact) mass is 124 g/mol. The van der Waals surface area contributed by atoms with Crippen molar-refractivity contribution in [3.63, 3.8) is 0 Å². The zero-order chi connectivity index (χ0) is 6.85. The van der Waals surface area contributed by atoms with Crippen molar-refractivity contribution in [1.29, 1.82) is 0 Å². The molecular formula is C8H12O. The van der Waals surface area contributed by atoms with E-state index in [1.54, 1.807) is 0 Å². The number of rotatable bonds is 1. The van der Waals surface area contributed by atoms with Crippen LogP contribution < -0.4 is 0 Å². The highest BCUT2D eigenvalue weighted by Crippen LogP contribution is 2.22. The van der Waals surface area contributed by atoms with Crippen LogP contribution in [0.25, 0.3) is 0 Å². The zero-order valence-electron chi connectivity index (χ0n) is 5.98. The highest BCUT2D eigenvalue weighted by atomic mass is 16.1. The third-order valence-electron chi connectivity index (χ3n) is 1.51. The molecule has 1 rings (SSSR count). The van der Waals surface area contributed by atoms with Crippen molar-refractivity contribution in [2.75, 3.05) is 0 Å². The van der Waals surface area contributed by atoms with Crippen LogP contribution in [-0.2, 0) is 4.79 Å². The molecule has 1 saturated carbocycles. The number of Topliss-reactive ketones (excluding diaryl/α,β-unsaturated/α-hetero) is 1. The SMILES string of the molecule is CC(C)/C=C1/CCC1=O. The minimum absolute atomic E-state index is 0.351. The van der Waals surface area contributed by atoms with E-state index in [9.17, 15) is 4.79 Å².